The van der Waals surface area contributed by atoms with Crippen LogP contribution >= 0.6 is 24.0 Å². The zero-order valence-electron chi connectivity index (χ0n) is 16.2. The molecule has 27 heavy (non-hydrogen) atoms. The molecule has 1 aliphatic rings. The van der Waals surface area contributed by atoms with E-state index in [0.29, 0.717) is 6.54 Å². The molecule has 6 heteroatoms. The van der Waals surface area contributed by atoms with Crippen molar-refractivity contribution < 1.29 is 4.42 Å². The zero-order valence-corrected chi connectivity index (χ0v) is 18.6. The van der Waals surface area contributed by atoms with Crippen molar-refractivity contribution in [2.24, 2.45) is 4.99 Å². The second kappa shape index (κ2) is 11.3. The molecule has 0 radical (unpaired) electrons. The standard InChI is InChI=1S/C21H30N4O.HI/c1-3-22-21(24-17(2)18-10-5-4-6-11-18)23-16-19(20-12-9-15-26-20)25-13-7-8-14-25;/h4-6,9-12,15,17,19H,3,7-8,13-14,16H2,1-2H3,(H2,22,23,24);1H. The number of hydrogen-bond acceptors (Lipinski definition) is 3. The summed E-state index contributed by atoms with van der Waals surface area (Å²) in [6.45, 7) is 8.00. The van der Waals surface area contributed by atoms with E-state index in [1.165, 1.54) is 18.4 Å². The summed E-state index contributed by atoms with van der Waals surface area (Å²) in [5, 5.41) is 6.88. The maximum atomic E-state index is 5.70. The predicted octanol–water partition coefficient (Wildman–Crippen LogP) is 4.35. The lowest BCUT2D eigenvalue weighted by molar-refractivity contribution is 0.221. The lowest BCUT2D eigenvalue weighted by Gasteiger charge is -2.25. The second-order valence-electron chi connectivity index (χ2n) is 6.77. The highest BCUT2D eigenvalue weighted by molar-refractivity contribution is 14.0. The highest BCUT2D eigenvalue weighted by Crippen LogP contribution is 2.25. The van der Waals surface area contributed by atoms with Gasteiger partial charge in [0, 0.05) is 6.54 Å². The molecule has 1 aliphatic heterocycles. The molecule has 0 spiro atoms. The van der Waals surface area contributed by atoms with Gasteiger partial charge >= 0.3 is 0 Å². The molecule has 2 N–H and O–H groups in total. The summed E-state index contributed by atoms with van der Waals surface area (Å²) in [7, 11) is 0. The molecule has 2 aromatic rings. The van der Waals surface area contributed by atoms with Crippen LogP contribution in [-0.4, -0.2) is 37.0 Å². The Bertz CT molecular complexity index is 669. The first-order valence-electron chi connectivity index (χ1n) is 9.65. The Morgan fingerprint density at radius 1 is 1.15 bits per heavy atom. The van der Waals surface area contributed by atoms with Gasteiger partial charge in [-0.3, -0.25) is 9.89 Å². The molecule has 1 aromatic heterocycles. The molecule has 2 heterocycles. The summed E-state index contributed by atoms with van der Waals surface area (Å²) in [6.07, 6.45) is 4.26. The predicted molar refractivity (Wildman–Crippen MR) is 122 cm³/mol. The highest BCUT2D eigenvalue weighted by atomic mass is 127. The smallest absolute Gasteiger partial charge is 0.191 e. The number of likely N-dealkylation sites (tertiary alicyclic amines) is 1. The normalized spacial score (nSPS) is 17.2. The van der Waals surface area contributed by atoms with Crippen LogP contribution in [0.15, 0.2) is 58.1 Å². The Labute approximate surface area is 179 Å². The average Bonchev–Trinajstić information content (AvgIpc) is 3.37. The largest absolute Gasteiger partial charge is 0.468 e. The SMILES string of the molecule is CCNC(=NCC(c1ccco1)N1CCCC1)NC(C)c1ccccc1.I. The molecular formula is C21H31IN4O. The molecule has 2 unspecified atom stereocenters. The van der Waals surface area contributed by atoms with Gasteiger partial charge in [-0.25, -0.2) is 0 Å². The van der Waals surface area contributed by atoms with Crippen molar-refractivity contribution in [3.8, 4) is 0 Å². The summed E-state index contributed by atoms with van der Waals surface area (Å²) in [5.41, 5.74) is 1.25. The van der Waals surface area contributed by atoms with Crippen molar-refractivity contribution in [2.75, 3.05) is 26.2 Å². The van der Waals surface area contributed by atoms with E-state index in [-0.39, 0.29) is 36.1 Å². The molecule has 1 aromatic carbocycles. The minimum absolute atomic E-state index is 0. The van der Waals surface area contributed by atoms with E-state index < -0.39 is 0 Å². The Kier molecular flexibility index (Phi) is 9.14. The molecule has 148 valence electrons. The van der Waals surface area contributed by atoms with Gasteiger partial charge in [0.1, 0.15) is 5.76 Å². The van der Waals surface area contributed by atoms with Crippen LogP contribution in [0.5, 0.6) is 0 Å². The summed E-state index contributed by atoms with van der Waals surface area (Å²) < 4.78 is 5.70. The number of guanidine groups is 1. The van der Waals surface area contributed by atoms with Crippen molar-refractivity contribution in [1.82, 2.24) is 15.5 Å². The van der Waals surface area contributed by atoms with E-state index in [0.717, 1.165) is 31.4 Å². The molecule has 0 amide bonds. The van der Waals surface area contributed by atoms with Crippen molar-refractivity contribution in [1.29, 1.82) is 0 Å². The number of aliphatic imine (C=N–C) groups is 1. The van der Waals surface area contributed by atoms with Crippen molar-refractivity contribution in [3.05, 3.63) is 60.1 Å². The first-order valence-corrected chi connectivity index (χ1v) is 9.65. The number of furan rings is 1. The van der Waals surface area contributed by atoms with Gasteiger partial charge in [-0.15, -0.1) is 24.0 Å². The van der Waals surface area contributed by atoms with E-state index in [1.54, 1.807) is 6.26 Å². The van der Waals surface area contributed by atoms with E-state index in [4.69, 9.17) is 9.41 Å². The number of nitrogens with zero attached hydrogens (tertiary/aromatic N) is 2. The number of benzene rings is 1. The quantitative estimate of drug-likeness (QED) is 0.350. The van der Waals surface area contributed by atoms with Gasteiger partial charge < -0.3 is 15.1 Å². The van der Waals surface area contributed by atoms with E-state index >= 15 is 0 Å². The van der Waals surface area contributed by atoms with Gasteiger partial charge in [0.15, 0.2) is 5.96 Å². The topological polar surface area (TPSA) is 52.8 Å². The first kappa shape index (κ1) is 21.8. The fourth-order valence-corrected chi connectivity index (χ4v) is 3.45. The fraction of sp³-hybridized carbons (Fsp3) is 0.476. The second-order valence-corrected chi connectivity index (χ2v) is 6.77. The molecule has 1 saturated heterocycles. The Hall–Kier alpha value is -1.54. The van der Waals surface area contributed by atoms with Crippen LogP contribution in [-0.2, 0) is 0 Å². The van der Waals surface area contributed by atoms with Crippen LogP contribution in [0.25, 0.3) is 0 Å². The summed E-state index contributed by atoms with van der Waals surface area (Å²) in [5.74, 6) is 1.85. The van der Waals surface area contributed by atoms with Crippen LogP contribution < -0.4 is 10.6 Å². The highest BCUT2D eigenvalue weighted by Gasteiger charge is 2.25. The van der Waals surface area contributed by atoms with Crippen LogP contribution in [0.4, 0.5) is 0 Å². The molecule has 1 fully saturated rings. The lowest BCUT2D eigenvalue weighted by atomic mass is 10.1. The van der Waals surface area contributed by atoms with E-state index in [9.17, 15) is 0 Å². The molecule has 0 aliphatic carbocycles. The molecule has 5 nitrogen and oxygen atoms in total. The van der Waals surface area contributed by atoms with Gasteiger partial charge in [-0.1, -0.05) is 30.3 Å². The van der Waals surface area contributed by atoms with Gasteiger partial charge in [-0.2, -0.15) is 0 Å². The van der Waals surface area contributed by atoms with Crippen molar-refractivity contribution in [2.45, 2.75) is 38.8 Å². The van der Waals surface area contributed by atoms with E-state index in [2.05, 4.69) is 59.7 Å². The monoisotopic (exact) mass is 482 g/mol. The summed E-state index contributed by atoms with van der Waals surface area (Å²) in [4.78, 5) is 7.35. The van der Waals surface area contributed by atoms with Gasteiger partial charge in [0.25, 0.3) is 0 Å². The lowest BCUT2D eigenvalue weighted by Crippen LogP contribution is -2.39. The number of nitrogens with one attached hydrogen (secondary N) is 2. The molecule has 0 saturated carbocycles. The maximum absolute atomic E-state index is 5.70. The summed E-state index contributed by atoms with van der Waals surface area (Å²) >= 11 is 0. The molecule has 2 atom stereocenters. The third kappa shape index (κ3) is 6.24. The minimum Gasteiger partial charge on any atom is -0.468 e. The van der Waals surface area contributed by atoms with Crippen LogP contribution in [0.2, 0.25) is 0 Å². The van der Waals surface area contributed by atoms with Crippen molar-refractivity contribution in [3.63, 3.8) is 0 Å². The third-order valence-electron chi connectivity index (χ3n) is 4.87. The Balaban J connectivity index is 0.00000261. The third-order valence-corrected chi connectivity index (χ3v) is 4.87. The first-order chi connectivity index (χ1) is 12.8. The van der Waals surface area contributed by atoms with Crippen molar-refractivity contribution >= 4 is 29.9 Å². The van der Waals surface area contributed by atoms with E-state index in [1.807, 2.05) is 12.1 Å². The maximum Gasteiger partial charge on any atom is 0.191 e. The summed E-state index contributed by atoms with van der Waals surface area (Å²) in [6, 6.07) is 14.9. The van der Waals surface area contributed by atoms with Crippen LogP contribution in [0.1, 0.15) is 50.1 Å². The van der Waals surface area contributed by atoms with Gasteiger partial charge in [0.05, 0.1) is 24.9 Å². The zero-order chi connectivity index (χ0) is 18.2. The number of halogens is 1. The van der Waals surface area contributed by atoms with Crippen LogP contribution in [0, 0.1) is 0 Å². The number of hydrogen-bond donors (Lipinski definition) is 2. The number of rotatable bonds is 7. The Morgan fingerprint density at radius 3 is 2.52 bits per heavy atom. The average molecular weight is 482 g/mol. The molecular weight excluding hydrogens is 451 g/mol. The van der Waals surface area contributed by atoms with Gasteiger partial charge in [-0.05, 0) is 57.5 Å². The molecule has 3 rings (SSSR count). The fourth-order valence-electron chi connectivity index (χ4n) is 3.45. The van der Waals surface area contributed by atoms with Crippen LogP contribution in [0.3, 0.4) is 0 Å². The minimum atomic E-state index is 0. The molecule has 0 bridgehead atoms. The van der Waals surface area contributed by atoms with Gasteiger partial charge in [0.2, 0.25) is 0 Å². The Morgan fingerprint density at radius 2 is 1.89 bits per heavy atom.